The van der Waals surface area contributed by atoms with Gasteiger partial charge in [0, 0.05) is 12.3 Å². The number of hydrogen-bond acceptors (Lipinski definition) is 4. The summed E-state index contributed by atoms with van der Waals surface area (Å²) in [5.41, 5.74) is 0. The van der Waals surface area contributed by atoms with Gasteiger partial charge >= 0.3 is 0 Å². The summed E-state index contributed by atoms with van der Waals surface area (Å²) >= 11 is 0. The van der Waals surface area contributed by atoms with Gasteiger partial charge in [-0.3, -0.25) is 0 Å². The molecule has 1 aromatic carbocycles. The van der Waals surface area contributed by atoms with E-state index in [1.165, 1.54) is 12.8 Å². The van der Waals surface area contributed by atoms with Gasteiger partial charge < -0.3 is 20.1 Å². The van der Waals surface area contributed by atoms with Crippen LogP contribution < -0.4 is 4.74 Å². The number of ether oxygens (including phenoxy) is 1. The van der Waals surface area contributed by atoms with Crippen molar-refractivity contribution >= 4 is 0 Å². The van der Waals surface area contributed by atoms with E-state index < -0.39 is 11.9 Å². The molecule has 3 atom stereocenters. The summed E-state index contributed by atoms with van der Waals surface area (Å²) in [6.45, 7) is 3.81. The van der Waals surface area contributed by atoms with Crippen molar-refractivity contribution in [3.05, 3.63) is 30.3 Å². The van der Waals surface area contributed by atoms with Crippen molar-refractivity contribution in [2.45, 2.75) is 70.7 Å². The van der Waals surface area contributed by atoms with E-state index in [9.17, 15) is 10.2 Å². The third kappa shape index (κ3) is 6.90. The summed E-state index contributed by atoms with van der Waals surface area (Å²) in [6.07, 6.45) is 5.14. The molecule has 3 N–H and O–H groups in total. The molecule has 0 radical (unpaired) electrons. The third-order valence-corrected chi connectivity index (χ3v) is 4.31. The van der Waals surface area contributed by atoms with Gasteiger partial charge in [0.25, 0.3) is 0 Å². The zero-order chi connectivity index (χ0) is 17.1. The molecule has 0 heterocycles. The molecule has 0 spiro atoms. The van der Waals surface area contributed by atoms with Gasteiger partial charge in [-0.25, -0.2) is 0 Å². The number of rotatable bonds is 12. The van der Waals surface area contributed by atoms with Gasteiger partial charge in [0.15, 0.2) is 0 Å². The Kier molecular flexibility index (Phi) is 9.22. The maximum Gasteiger partial charge on any atom is 0.213 e. The lowest BCUT2D eigenvalue weighted by Gasteiger charge is -2.37. The summed E-state index contributed by atoms with van der Waals surface area (Å²) in [5, 5.41) is 30.1. The second-order valence-corrected chi connectivity index (χ2v) is 6.25. The molecule has 0 amide bonds. The summed E-state index contributed by atoms with van der Waals surface area (Å²) in [7, 11) is 0. The Morgan fingerprint density at radius 2 is 1.78 bits per heavy atom. The number of aliphatic hydroxyl groups is 3. The highest BCUT2D eigenvalue weighted by atomic mass is 16.6. The van der Waals surface area contributed by atoms with Crippen LogP contribution in [0, 0.1) is 5.92 Å². The van der Waals surface area contributed by atoms with E-state index in [0.717, 1.165) is 25.7 Å². The monoisotopic (exact) mass is 324 g/mol. The van der Waals surface area contributed by atoms with E-state index in [0.29, 0.717) is 5.75 Å². The molecule has 3 unspecified atom stereocenters. The Labute approximate surface area is 140 Å². The molecule has 23 heavy (non-hydrogen) atoms. The fourth-order valence-corrected chi connectivity index (χ4v) is 2.95. The van der Waals surface area contributed by atoms with E-state index >= 15 is 0 Å². The molecule has 0 aromatic heterocycles. The van der Waals surface area contributed by atoms with Crippen molar-refractivity contribution in [1.29, 1.82) is 0 Å². The van der Waals surface area contributed by atoms with Crippen LogP contribution >= 0.6 is 0 Å². The molecule has 0 aliphatic carbocycles. The second-order valence-electron chi connectivity index (χ2n) is 6.25. The molecule has 0 aliphatic heterocycles. The summed E-state index contributed by atoms with van der Waals surface area (Å²) < 4.78 is 5.87. The van der Waals surface area contributed by atoms with Crippen LogP contribution in [0.25, 0.3) is 0 Å². The zero-order valence-corrected chi connectivity index (χ0v) is 14.4. The van der Waals surface area contributed by atoms with Crippen LogP contribution in [0.2, 0.25) is 0 Å². The van der Waals surface area contributed by atoms with Gasteiger partial charge in [-0.1, -0.05) is 57.7 Å². The molecular formula is C19H32O4. The van der Waals surface area contributed by atoms with Crippen molar-refractivity contribution < 1.29 is 20.1 Å². The summed E-state index contributed by atoms with van der Waals surface area (Å²) in [5.74, 6) is -0.974. The van der Waals surface area contributed by atoms with Crippen LogP contribution in [0.15, 0.2) is 30.3 Å². The molecule has 1 rings (SSSR count). The highest BCUT2D eigenvalue weighted by molar-refractivity contribution is 5.21. The average molecular weight is 324 g/mol. The predicted octanol–water partition coefficient (Wildman–Crippen LogP) is 3.49. The van der Waals surface area contributed by atoms with E-state index in [-0.39, 0.29) is 18.9 Å². The Hall–Kier alpha value is -1.10. The zero-order valence-electron chi connectivity index (χ0n) is 14.4. The molecule has 4 nitrogen and oxygen atoms in total. The van der Waals surface area contributed by atoms with Crippen LogP contribution in [0.1, 0.15) is 58.8 Å². The van der Waals surface area contributed by atoms with Gasteiger partial charge in [0.05, 0.1) is 12.7 Å². The van der Waals surface area contributed by atoms with Crippen molar-refractivity contribution in [2.75, 3.05) is 6.61 Å². The Morgan fingerprint density at radius 3 is 2.35 bits per heavy atom. The fourth-order valence-electron chi connectivity index (χ4n) is 2.95. The lowest BCUT2D eigenvalue weighted by atomic mass is 9.86. The second kappa shape index (κ2) is 10.6. The molecular weight excluding hydrogens is 292 g/mol. The minimum absolute atomic E-state index is 0.00464. The summed E-state index contributed by atoms with van der Waals surface area (Å²) in [4.78, 5) is 0. The van der Waals surface area contributed by atoms with Crippen LogP contribution in [-0.2, 0) is 0 Å². The fraction of sp³-hybridized carbons (Fsp3) is 0.684. The lowest BCUT2D eigenvalue weighted by molar-refractivity contribution is -0.202. The minimum Gasteiger partial charge on any atom is -0.462 e. The predicted molar refractivity (Wildman–Crippen MR) is 92.3 cm³/mol. The first kappa shape index (κ1) is 19.9. The van der Waals surface area contributed by atoms with Crippen molar-refractivity contribution in [3.8, 4) is 5.75 Å². The van der Waals surface area contributed by atoms with Crippen molar-refractivity contribution in [1.82, 2.24) is 0 Å². The van der Waals surface area contributed by atoms with E-state index in [4.69, 9.17) is 9.84 Å². The third-order valence-electron chi connectivity index (χ3n) is 4.31. The number of para-hydroxylation sites is 1. The van der Waals surface area contributed by atoms with Crippen LogP contribution in [0.4, 0.5) is 0 Å². The normalized spacial score (nSPS) is 16.6. The molecule has 0 fully saturated rings. The highest BCUT2D eigenvalue weighted by Gasteiger charge is 2.39. The summed E-state index contributed by atoms with van der Waals surface area (Å²) in [6, 6.07) is 9.16. The van der Waals surface area contributed by atoms with Crippen LogP contribution in [-0.4, -0.2) is 33.8 Å². The molecule has 0 saturated heterocycles. The van der Waals surface area contributed by atoms with Crippen molar-refractivity contribution in [3.63, 3.8) is 0 Å². The average Bonchev–Trinajstić information content (AvgIpc) is 2.55. The quantitative estimate of drug-likeness (QED) is 0.406. The van der Waals surface area contributed by atoms with Crippen molar-refractivity contribution in [2.24, 2.45) is 5.92 Å². The van der Waals surface area contributed by atoms with E-state index in [1.807, 2.05) is 25.1 Å². The van der Waals surface area contributed by atoms with Gasteiger partial charge in [-0.2, -0.15) is 0 Å². The molecule has 0 saturated carbocycles. The first-order valence-corrected chi connectivity index (χ1v) is 8.81. The van der Waals surface area contributed by atoms with Crippen LogP contribution in [0.5, 0.6) is 5.75 Å². The Morgan fingerprint density at radius 1 is 1.09 bits per heavy atom. The maximum absolute atomic E-state index is 11.1. The molecule has 132 valence electrons. The number of unbranched alkanes of at least 4 members (excludes halogenated alkanes) is 3. The smallest absolute Gasteiger partial charge is 0.213 e. The minimum atomic E-state index is -1.47. The lowest BCUT2D eigenvalue weighted by Crippen LogP contribution is -2.47. The largest absolute Gasteiger partial charge is 0.462 e. The number of hydrogen-bond donors (Lipinski definition) is 3. The van der Waals surface area contributed by atoms with Gasteiger partial charge in [0.2, 0.25) is 5.79 Å². The molecule has 0 bridgehead atoms. The van der Waals surface area contributed by atoms with Gasteiger partial charge in [0.1, 0.15) is 5.75 Å². The highest BCUT2D eigenvalue weighted by Crippen LogP contribution is 2.33. The van der Waals surface area contributed by atoms with Crippen LogP contribution in [0.3, 0.4) is 0 Å². The number of aliphatic hydroxyl groups excluding tert-OH is 2. The topological polar surface area (TPSA) is 69.9 Å². The maximum atomic E-state index is 11.1. The molecule has 4 heteroatoms. The van der Waals surface area contributed by atoms with E-state index in [2.05, 4.69) is 6.92 Å². The first-order valence-electron chi connectivity index (χ1n) is 8.81. The standard InChI is InChI=1S/C19H32O4/c1-3-5-6-8-11-16(4-2)19(22,14-17(21)15-20)23-18-12-9-7-10-13-18/h7,9-10,12-13,16-17,20-22H,3-6,8,11,14-15H2,1-2H3. The molecule has 1 aromatic rings. The van der Waals surface area contributed by atoms with Gasteiger partial charge in [-0.05, 0) is 25.0 Å². The SMILES string of the molecule is CCCCCCC(CC)C(O)(CC(O)CO)Oc1ccccc1. The Balaban J connectivity index is 2.82. The molecule has 0 aliphatic rings. The Bertz CT molecular complexity index is 409. The number of benzene rings is 1. The van der Waals surface area contributed by atoms with Gasteiger partial charge in [-0.15, -0.1) is 0 Å². The van der Waals surface area contributed by atoms with E-state index in [1.54, 1.807) is 12.1 Å². The first-order chi connectivity index (χ1) is 11.1.